The lowest BCUT2D eigenvalue weighted by atomic mass is 10.1. The second-order valence-corrected chi connectivity index (χ2v) is 11.7. The van der Waals surface area contributed by atoms with Gasteiger partial charge in [-0.2, -0.15) is 0 Å². The fourth-order valence-electron chi connectivity index (χ4n) is 6.11. The zero-order valence-electron chi connectivity index (χ0n) is 24.2. The van der Waals surface area contributed by atoms with Gasteiger partial charge in [0.15, 0.2) is 0 Å². The largest absolute Gasteiger partial charge is 0.494 e. The van der Waals surface area contributed by atoms with Crippen molar-refractivity contribution in [2.75, 3.05) is 69.0 Å². The first-order chi connectivity index (χ1) is 19.3. The summed E-state index contributed by atoms with van der Waals surface area (Å²) in [7, 11) is 3.42. The van der Waals surface area contributed by atoms with E-state index >= 15 is 0 Å². The number of rotatable bonds is 5. The molecular weight excluding hydrogens is 504 g/mol. The Morgan fingerprint density at radius 2 is 1.27 bits per heavy atom. The number of hydrogen-bond acceptors (Lipinski definition) is 9. The van der Waals surface area contributed by atoms with Gasteiger partial charge in [0, 0.05) is 73.9 Å². The van der Waals surface area contributed by atoms with Crippen molar-refractivity contribution < 1.29 is 9.47 Å². The molecule has 4 aliphatic rings. The summed E-state index contributed by atoms with van der Waals surface area (Å²) in [5.41, 5.74) is 10.9. The van der Waals surface area contributed by atoms with Gasteiger partial charge in [0.25, 0.3) is 0 Å². The van der Waals surface area contributed by atoms with E-state index in [1.807, 2.05) is 12.4 Å². The number of nitrogens with two attached hydrogens (primary N) is 1. The number of aromatic nitrogens is 3. The highest BCUT2D eigenvalue weighted by atomic mass is 16.5. The van der Waals surface area contributed by atoms with Crippen molar-refractivity contribution in [2.45, 2.75) is 50.6 Å². The van der Waals surface area contributed by atoms with Crippen LogP contribution >= 0.6 is 0 Å². The molecule has 0 radical (unpaired) electrons. The highest BCUT2D eigenvalue weighted by Gasteiger charge is 2.46. The van der Waals surface area contributed by atoms with Crippen molar-refractivity contribution in [3.63, 3.8) is 0 Å². The number of methoxy groups -OCH3 is 2. The molecule has 0 aromatic carbocycles. The van der Waals surface area contributed by atoms with Crippen molar-refractivity contribution in [2.24, 2.45) is 0 Å². The fraction of sp³-hybridized carbons (Fsp3) is 0.533. The first-order valence-electron chi connectivity index (χ1n) is 14.3. The van der Waals surface area contributed by atoms with E-state index in [9.17, 15) is 0 Å². The van der Waals surface area contributed by atoms with Crippen molar-refractivity contribution >= 4 is 17.2 Å². The van der Waals surface area contributed by atoms with Gasteiger partial charge in [0.2, 0.25) is 0 Å². The third-order valence-electron chi connectivity index (χ3n) is 8.78. The smallest absolute Gasteiger partial charge is 0.147 e. The molecule has 4 N–H and O–H groups in total. The van der Waals surface area contributed by atoms with Gasteiger partial charge >= 0.3 is 0 Å². The van der Waals surface area contributed by atoms with Gasteiger partial charge in [0.05, 0.1) is 38.0 Å². The molecule has 4 fully saturated rings. The summed E-state index contributed by atoms with van der Waals surface area (Å²) < 4.78 is 13.2. The molecule has 3 aromatic rings. The van der Waals surface area contributed by atoms with Crippen molar-refractivity contribution in [1.29, 1.82) is 0 Å². The van der Waals surface area contributed by atoms with Crippen LogP contribution < -0.4 is 35.6 Å². The zero-order chi connectivity index (χ0) is 27.9. The molecular formula is C30H42N8O2. The Bertz CT molecular complexity index is 1340. The molecule has 214 valence electrons. The summed E-state index contributed by atoms with van der Waals surface area (Å²) >= 11 is 0. The molecule has 10 nitrogen and oxygen atoms in total. The van der Waals surface area contributed by atoms with Crippen LogP contribution in [0.4, 0.5) is 17.2 Å². The molecule has 2 aliphatic carbocycles. The number of aryl methyl sites for hydroxylation is 2. The minimum absolute atomic E-state index is 0.343. The van der Waals surface area contributed by atoms with Crippen LogP contribution in [0.3, 0.4) is 0 Å². The lowest BCUT2D eigenvalue weighted by Crippen LogP contribution is -2.52. The summed E-state index contributed by atoms with van der Waals surface area (Å²) in [6.07, 6.45) is 8.88. The highest BCUT2D eigenvalue weighted by Crippen LogP contribution is 2.41. The average Bonchev–Trinajstić information content (AvgIpc) is 3.88. The van der Waals surface area contributed by atoms with Crippen LogP contribution in [-0.2, 0) is 0 Å². The van der Waals surface area contributed by atoms with E-state index < -0.39 is 0 Å². The van der Waals surface area contributed by atoms with E-state index in [4.69, 9.17) is 20.2 Å². The number of pyridine rings is 2. The minimum Gasteiger partial charge on any atom is -0.494 e. The molecule has 3 aromatic heterocycles. The van der Waals surface area contributed by atoms with Crippen LogP contribution in [0.15, 0.2) is 36.7 Å². The maximum Gasteiger partial charge on any atom is 0.147 e. The molecule has 2 saturated carbocycles. The molecule has 0 unspecified atom stereocenters. The summed E-state index contributed by atoms with van der Waals surface area (Å²) in [4.78, 5) is 13.6. The first-order valence-corrected chi connectivity index (χ1v) is 14.3. The summed E-state index contributed by atoms with van der Waals surface area (Å²) in [5, 5.41) is 7.24. The van der Waals surface area contributed by atoms with Crippen molar-refractivity contribution in [3.8, 4) is 17.3 Å². The van der Waals surface area contributed by atoms with Crippen molar-refractivity contribution in [3.05, 3.63) is 48.0 Å². The SMILES string of the molecule is COc1cc(-n2c(C)ccc2C)ncc1N1CCNC2(CC2)C1.COc1cc(N)ncc1N1CCNC2(CC2)C1. The third-order valence-corrected chi connectivity index (χ3v) is 8.78. The van der Waals surface area contributed by atoms with Crippen molar-refractivity contribution in [1.82, 2.24) is 25.2 Å². The molecule has 2 saturated heterocycles. The van der Waals surface area contributed by atoms with Crippen LogP contribution in [0.2, 0.25) is 0 Å². The average molecular weight is 547 g/mol. The molecule has 5 heterocycles. The monoisotopic (exact) mass is 546 g/mol. The van der Waals surface area contributed by atoms with Gasteiger partial charge < -0.3 is 40.2 Å². The number of anilines is 3. The Morgan fingerprint density at radius 3 is 1.77 bits per heavy atom. The van der Waals surface area contributed by atoms with E-state index in [1.54, 1.807) is 20.3 Å². The topological polar surface area (TPSA) is 106 Å². The maximum atomic E-state index is 5.69. The molecule has 0 bridgehead atoms. The molecule has 2 spiro atoms. The number of hydrogen-bond donors (Lipinski definition) is 3. The Kier molecular flexibility index (Phi) is 7.00. The lowest BCUT2D eigenvalue weighted by Gasteiger charge is -2.36. The Hall–Kier alpha value is -3.50. The Balaban J connectivity index is 0.000000151. The maximum absolute atomic E-state index is 5.69. The minimum atomic E-state index is 0.343. The van der Waals surface area contributed by atoms with Gasteiger partial charge in [-0.1, -0.05) is 0 Å². The number of nitrogens with one attached hydrogen (secondary N) is 2. The van der Waals surface area contributed by atoms with Gasteiger partial charge in [-0.05, 0) is 51.7 Å². The standard InChI is InChI=1S/C18H24N4O.C12H18N4O/c1-13-4-5-14(2)22(13)17-10-16(23-3)15(11-19-17)21-9-8-20-18(12-21)6-7-18;1-17-10-6-11(13)14-7-9(10)16-5-4-15-12(8-16)2-3-12/h4-5,10-11,20H,6-9,12H2,1-3H3;6-7,15H,2-5,8H2,1H3,(H2,13,14). The molecule has 7 rings (SSSR count). The summed E-state index contributed by atoms with van der Waals surface area (Å²) in [5.74, 6) is 3.14. The van der Waals surface area contributed by atoms with Crippen LogP contribution in [0, 0.1) is 13.8 Å². The highest BCUT2D eigenvalue weighted by molar-refractivity contribution is 5.62. The van der Waals surface area contributed by atoms with E-state index in [0.29, 0.717) is 16.9 Å². The van der Waals surface area contributed by atoms with Crippen LogP contribution in [-0.4, -0.2) is 79.1 Å². The summed E-state index contributed by atoms with van der Waals surface area (Å²) in [6.45, 7) is 10.3. The number of nitrogen functional groups attached to an aromatic ring is 1. The third kappa shape index (κ3) is 5.30. The van der Waals surface area contributed by atoms with Gasteiger partial charge in [-0.15, -0.1) is 0 Å². The molecule has 2 aliphatic heterocycles. The predicted octanol–water partition coefficient (Wildman–Crippen LogP) is 3.05. The van der Waals surface area contributed by atoms with E-state index in [-0.39, 0.29) is 0 Å². The van der Waals surface area contributed by atoms with Crippen LogP contribution in [0.5, 0.6) is 11.5 Å². The van der Waals surface area contributed by atoms with E-state index in [2.05, 4.69) is 62.0 Å². The summed E-state index contributed by atoms with van der Waals surface area (Å²) in [6, 6.07) is 8.07. The Morgan fingerprint density at radius 1 is 0.775 bits per heavy atom. The van der Waals surface area contributed by atoms with Gasteiger partial charge in [-0.25, -0.2) is 9.97 Å². The molecule has 0 amide bonds. The molecule has 10 heteroatoms. The van der Waals surface area contributed by atoms with Crippen LogP contribution in [0.25, 0.3) is 5.82 Å². The number of nitrogens with zero attached hydrogens (tertiary/aromatic N) is 5. The van der Waals surface area contributed by atoms with E-state index in [0.717, 1.165) is 68.0 Å². The molecule has 40 heavy (non-hydrogen) atoms. The zero-order valence-corrected chi connectivity index (χ0v) is 24.2. The van der Waals surface area contributed by atoms with Crippen LogP contribution in [0.1, 0.15) is 37.1 Å². The van der Waals surface area contributed by atoms with Gasteiger partial charge in [-0.3, -0.25) is 0 Å². The fourth-order valence-corrected chi connectivity index (χ4v) is 6.11. The quantitative estimate of drug-likeness (QED) is 0.445. The first kappa shape index (κ1) is 26.7. The van der Waals surface area contributed by atoms with E-state index in [1.165, 1.54) is 37.1 Å². The predicted molar refractivity (Wildman–Crippen MR) is 159 cm³/mol. The normalized spacial score (nSPS) is 20.2. The molecule has 0 atom stereocenters. The lowest BCUT2D eigenvalue weighted by molar-refractivity contribution is 0.403. The number of ether oxygens (including phenoxy) is 2. The number of piperazine rings is 2. The second-order valence-electron chi connectivity index (χ2n) is 11.7. The Labute approximate surface area is 236 Å². The van der Waals surface area contributed by atoms with Gasteiger partial charge in [0.1, 0.15) is 23.1 Å². The second kappa shape index (κ2) is 10.5.